The summed E-state index contributed by atoms with van der Waals surface area (Å²) >= 11 is 6.38. The van der Waals surface area contributed by atoms with Gasteiger partial charge in [-0.2, -0.15) is 5.10 Å². The lowest BCUT2D eigenvalue weighted by molar-refractivity contribution is -0.135. The molecule has 6 nitrogen and oxygen atoms in total. The Labute approximate surface area is 164 Å². The average Bonchev–Trinajstić information content (AvgIpc) is 3.29. The van der Waals surface area contributed by atoms with Crippen molar-refractivity contribution in [3.05, 3.63) is 58.9 Å². The summed E-state index contributed by atoms with van der Waals surface area (Å²) in [5.41, 5.74) is 2.80. The summed E-state index contributed by atoms with van der Waals surface area (Å²) in [6.45, 7) is 3.24. The van der Waals surface area contributed by atoms with Crippen LogP contribution in [0, 0.1) is 0 Å². The number of benzene rings is 1. The molecule has 0 saturated carbocycles. The quantitative estimate of drug-likeness (QED) is 0.811. The van der Waals surface area contributed by atoms with Crippen LogP contribution in [0.25, 0.3) is 0 Å². The van der Waals surface area contributed by atoms with Gasteiger partial charge in [-0.05, 0) is 18.2 Å². The Kier molecular flexibility index (Phi) is 5.29. The van der Waals surface area contributed by atoms with E-state index in [9.17, 15) is 4.79 Å². The maximum atomic E-state index is 13.1. The molecule has 142 valence electrons. The Bertz CT molecular complexity index is 857. The third kappa shape index (κ3) is 3.78. The smallest absolute Gasteiger partial charge is 0.257 e. The number of aryl methyl sites for hydroxylation is 1. The third-order valence-corrected chi connectivity index (χ3v) is 5.47. The third-order valence-electron chi connectivity index (χ3n) is 5.14. The van der Waals surface area contributed by atoms with Crippen LogP contribution >= 0.6 is 11.6 Å². The molecule has 2 aliphatic heterocycles. The Morgan fingerprint density at radius 3 is 2.70 bits per heavy atom. The molecule has 0 radical (unpaired) electrons. The molecule has 1 amide bonds. The largest absolute Gasteiger partial charge is 0.379 e. The van der Waals surface area contributed by atoms with Crippen molar-refractivity contribution in [2.45, 2.75) is 12.5 Å². The number of hydrazone groups is 1. The Hall–Kier alpha value is -2.15. The van der Waals surface area contributed by atoms with Gasteiger partial charge in [-0.15, -0.1) is 0 Å². The monoisotopic (exact) mass is 386 g/mol. The molecule has 1 aromatic heterocycles. The predicted molar refractivity (Wildman–Crippen MR) is 105 cm³/mol. The summed E-state index contributed by atoms with van der Waals surface area (Å²) < 4.78 is 7.42. The molecule has 1 unspecified atom stereocenters. The maximum absolute atomic E-state index is 13.1. The lowest BCUT2D eigenvalue weighted by Crippen LogP contribution is -2.43. The normalized spacial score (nSPS) is 20.7. The number of amides is 1. The zero-order valence-electron chi connectivity index (χ0n) is 15.3. The van der Waals surface area contributed by atoms with Crippen molar-refractivity contribution in [2.75, 3.05) is 32.8 Å². The number of carbonyl (C=O) groups is 1. The summed E-state index contributed by atoms with van der Waals surface area (Å²) in [5.74, 6) is 0.00477. The lowest BCUT2D eigenvalue weighted by Gasteiger charge is -2.29. The first-order valence-corrected chi connectivity index (χ1v) is 9.57. The van der Waals surface area contributed by atoms with E-state index in [0.717, 1.165) is 30.1 Å². The highest BCUT2D eigenvalue weighted by molar-refractivity contribution is 6.34. The number of ether oxygens (including phenoxy) is 1. The van der Waals surface area contributed by atoms with Crippen LogP contribution in [-0.2, 0) is 16.6 Å². The zero-order valence-corrected chi connectivity index (χ0v) is 16.1. The molecule has 27 heavy (non-hydrogen) atoms. The summed E-state index contributed by atoms with van der Waals surface area (Å²) in [6, 6.07) is 11.6. The van der Waals surface area contributed by atoms with E-state index in [-0.39, 0.29) is 11.9 Å². The van der Waals surface area contributed by atoms with Crippen molar-refractivity contribution in [1.82, 2.24) is 14.5 Å². The van der Waals surface area contributed by atoms with Crippen molar-refractivity contribution < 1.29 is 9.53 Å². The first-order chi connectivity index (χ1) is 13.1. The number of carbonyl (C=O) groups excluding carboxylic acids is 1. The molecule has 3 heterocycles. The van der Waals surface area contributed by atoms with E-state index >= 15 is 0 Å². The van der Waals surface area contributed by atoms with Gasteiger partial charge in [0.1, 0.15) is 6.04 Å². The summed E-state index contributed by atoms with van der Waals surface area (Å²) in [4.78, 5) is 15.2. The van der Waals surface area contributed by atoms with Crippen LogP contribution in [0.15, 0.2) is 47.7 Å². The molecule has 7 heteroatoms. The number of rotatable bonds is 4. The molecule has 2 aliphatic rings. The molecule has 1 aromatic carbocycles. The van der Waals surface area contributed by atoms with E-state index in [1.54, 1.807) is 5.01 Å². The van der Waals surface area contributed by atoms with Crippen molar-refractivity contribution in [1.29, 1.82) is 0 Å². The molecular weight excluding hydrogens is 364 g/mol. The van der Waals surface area contributed by atoms with Crippen molar-refractivity contribution in [3.63, 3.8) is 0 Å². The minimum atomic E-state index is -0.121. The highest BCUT2D eigenvalue weighted by Crippen LogP contribution is 2.34. The van der Waals surface area contributed by atoms with E-state index in [1.807, 2.05) is 54.2 Å². The van der Waals surface area contributed by atoms with Gasteiger partial charge >= 0.3 is 0 Å². The molecule has 0 bridgehead atoms. The van der Waals surface area contributed by atoms with Crippen molar-refractivity contribution in [3.8, 4) is 0 Å². The van der Waals surface area contributed by atoms with Crippen LogP contribution in [0.1, 0.15) is 23.7 Å². The molecule has 0 N–H and O–H groups in total. The number of hydrogen-bond acceptors (Lipinski definition) is 4. The second-order valence-electron chi connectivity index (χ2n) is 6.92. The number of aromatic nitrogens is 1. The van der Waals surface area contributed by atoms with Crippen LogP contribution in [0.3, 0.4) is 0 Å². The minimum absolute atomic E-state index is 0.00477. The van der Waals surface area contributed by atoms with Crippen LogP contribution in [-0.4, -0.2) is 58.9 Å². The van der Waals surface area contributed by atoms with Crippen LogP contribution in [0.4, 0.5) is 0 Å². The topological polar surface area (TPSA) is 50.1 Å². The van der Waals surface area contributed by atoms with Crippen LogP contribution in [0.2, 0.25) is 5.02 Å². The molecule has 0 spiro atoms. The number of morpholine rings is 1. The molecule has 0 aliphatic carbocycles. The van der Waals surface area contributed by atoms with Gasteiger partial charge in [0.2, 0.25) is 0 Å². The molecule has 1 atom stereocenters. The van der Waals surface area contributed by atoms with Crippen molar-refractivity contribution >= 4 is 23.2 Å². The van der Waals surface area contributed by atoms with Gasteiger partial charge in [0, 0.05) is 49.0 Å². The first kappa shape index (κ1) is 18.2. The number of halogens is 1. The second kappa shape index (κ2) is 7.84. The fraction of sp³-hybridized carbons (Fsp3) is 0.400. The minimum Gasteiger partial charge on any atom is -0.379 e. The summed E-state index contributed by atoms with van der Waals surface area (Å²) in [5, 5.41) is 7.01. The SMILES string of the molecule is Cn1cccc1C1CC(c2ccccc2Cl)=NN1C(=O)CN1CCOCC1. The van der Waals surface area contributed by atoms with E-state index in [4.69, 9.17) is 21.4 Å². The van der Waals surface area contributed by atoms with Gasteiger partial charge in [-0.25, -0.2) is 5.01 Å². The summed E-state index contributed by atoms with van der Waals surface area (Å²) in [6.07, 6.45) is 2.64. The highest BCUT2D eigenvalue weighted by Gasteiger charge is 2.35. The highest BCUT2D eigenvalue weighted by atomic mass is 35.5. The number of nitrogens with zero attached hydrogens (tertiary/aromatic N) is 4. The molecular formula is C20H23ClN4O2. The lowest BCUT2D eigenvalue weighted by atomic mass is 10.0. The van der Waals surface area contributed by atoms with Crippen molar-refractivity contribution in [2.24, 2.45) is 12.1 Å². The van der Waals surface area contributed by atoms with Crippen LogP contribution < -0.4 is 0 Å². The van der Waals surface area contributed by atoms with E-state index in [0.29, 0.717) is 31.2 Å². The van der Waals surface area contributed by atoms with Gasteiger partial charge in [0.05, 0.1) is 25.5 Å². The molecule has 1 fully saturated rings. The van der Waals surface area contributed by atoms with E-state index in [1.165, 1.54) is 0 Å². The van der Waals surface area contributed by atoms with E-state index in [2.05, 4.69) is 4.90 Å². The Morgan fingerprint density at radius 2 is 2.00 bits per heavy atom. The predicted octanol–water partition coefficient (Wildman–Crippen LogP) is 2.69. The van der Waals surface area contributed by atoms with Gasteiger partial charge in [0.25, 0.3) is 5.91 Å². The van der Waals surface area contributed by atoms with Gasteiger partial charge in [-0.1, -0.05) is 29.8 Å². The average molecular weight is 387 g/mol. The molecule has 4 rings (SSSR count). The fourth-order valence-corrected chi connectivity index (χ4v) is 3.92. The van der Waals surface area contributed by atoms with Crippen LogP contribution in [0.5, 0.6) is 0 Å². The Morgan fingerprint density at radius 1 is 1.22 bits per heavy atom. The van der Waals surface area contributed by atoms with Gasteiger partial charge < -0.3 is 9.30 Å². The van der Waals surface area contributed by atoms with Gasteiger partial charge in [-0.3, -0.25) is 9.69 Å². The molecule has 2 aromatic rings. The maximum Gasteiger partial charge on any atom is 0.257 e. The first-order valence-electron chi connectivity index (χ1n) is 9.19. The summed E-state index contributed by atoms with van der Waals surface area (Å²) in [7, 11) is 1.99. The zero-order chi connectivity index (χ0) is 18.8. The second-order valence-corrected chi connectivity index (χ2v) is 7.32. The Balaban J connectivity index is 1.62. The molecule has 1 saturated heterocycles. The fourth-order valence-electron chi connectivity index (χ4n) is 3.67. The van der Waals surface area contributed by atoms with E-state index < -0.39 is 0 Å². The van der Waals surface area contributed by atoms with Gasteiger partial charge in [0.15, 0.2) is 0 Å². The standard InChI is InChI=1S/C20H23ClN4O2/c1-23-8-4-7-18(23)19-13-17(15-5-2-3-6-16(15)21)22-25(19)20(26)14-24-9-11-27-12-10-24/h2-8,19H,9-14H2,1H3. The number of hydrogen-bond donors (Lipinski definition) is 0.